The van der Waals surface area contributed by atoms with Crippen molar-refractivity contribution in [2.24, 2.45) is 0 Å². The van der Waals surface area contributed by atoms with Crippen molar-refractivity contribution in [2.75, 3.05) is 25.0 Å². The monoisotopic (exact) mass is 262 g/mol. The molecule has 0 bridgehead atoms. The topological polar surface area (TPSA) is 69.6 Å². The Morgan fingerprint density at radius 1 is 1.42 bits per heavy atom. The third-order valence-corrected chi connectivity index (χ3v) is 3.33. The molecule has 0 aliphatic carbocycles. The molecule has 0 aromatic heterocycles. The number of nitrogens with one attached hydrogen (secondary N) is 1. The van der Waals surface area contributed by atoms with Crippen LogP contribution < -0.4 is 10.2 Å². The molecule has 1 aromatic rings. The zero-order chi connectivity index (χ0) is 13.8. The number of carboxylic acids is 1. The van der Waals surface area contributed by atoms with Gasteiger partial charge in [0.1, 0.15) is 0 Å². The lowest BCUT2D eigenvalue weighted by molar-refractivity contribution is -0.136. The van der Waals surface area contributed by atoms with E-state index in [0.717, 1.165) is 24.2 Å². The highest BCUT2D eigenvalue weighted by atomic mass is 16.4. The summed E-state index contributed by atoms with van der Waals surface area (Å²) in [6, 6.07) is 6.06. The lowest BCUT2D eigenvalue weighted by Crippen LogP contribution is -2.21. The molecule has 2 N–H and O–H groups in total. The average Bonchev–Trinajstić information content (AvgIpc) is 2.64. The van der Waals surface area contributed by atoms with Crippen molar-refractivity contribution < 1.29 is 14.7 Å². The first-order valence-electron chi connectivity index (χ1n) is 6.39. The molecule has 1 aromatic carbocycles. The van der Waals surface area contributed by atoms with Crippen molar-refractivity contribution in [3.8, 4) is 0 Å². The molecule has 1 amide bonds. The fraction of sp³-hybridized carbons (Fsp3) is 0.429. The third kappa shape index (κ3) is 3.32. The van der Waals surface area contributed by atoms with Gasteiger partial charge in [-0.3, -0.25) is 9.59 Å². The molecule has 5 nitrogen and oxygen atoms in total. The first kappa shape index (κ1) is 13.5. The molecule has 5 heteroatoms. The van der Waals surface area contributed by atoms with Gasteiger partial charge >= 0.3 is 5.97 Å². The molecular formula is C14H18N2O3. The van der Waals surface area contributed by atoms with Crippen LogP contribution >= 0.6 is 0 Å². The molecule has 0 radical (unpaired) electrons. The van der Waals surface area contributed by atoms with Crippen LogP contribution in [0.1, 0.15) is 17.5 Å². The Labute approximate surface area is 112 Å². The van der Waals surface area contributed by atoms with Crippen LogP contribution in [0.4, 0.5) is 5.69 Å². The number of nitrogens with zero attached hydrogens (tertiary/aromatic N) is 1. The molecule has 0 unspecified atom stereocenters. The second-order valence-electron chi connectivity index (χ2n) is 4.74. The molecule has 0 fully saturated rings. The van der Waals surface area contributed by atoms with E-state index in [1.54, 1.807) is 11.9 Å². The Hall–Kier alpha value is -1.88. The van der Waals surface area contributed by atoms with E-state index in [0.29, 0.717) is 13.0 Å². The van der Waals surface area contributed by atoms with Gasteiger partial charge in [0.25, 0.3) is 0 Å². The highest BCUT2D eigenvalue weighted by Gasteiger charge is 2.23. The van der Waals surface area contributed by atoms with Gasteiger partial charge in [-0.25, -0.2) is 0 Å². The number of hydrogen-bond acceptors (Lipinski definition) is 3. The first-order chi connectivity index (χ1) is 9.08. The number of hydrogen-bond donors (Lipinski definition) is 2. The number of benzene rings is 1. The summed E-state index contributed by atoms with van der Waals surface area (Å²) in [6.07, 6.45) is 1.46. The predicted octanol–water partition coefficient (Wildman–Crippen LogP) is 0.812. The molecule has 19 heavy (non-hydrogen) atoms. The van der Waals surface area contributed by atoms with Crippen LogP contribution in [0.15, 0.2) is 18.2 Å². The minimum absolute atomic E-state index is 0.131. The van der Waals surface area contributed by atoms with E-state index < -0.39 is 5.97 Å². The van der Waals surface area contributed by atoms with Crippen LogP contribution in [0.3, 0.4) is 0 Å². The van der Waals surface area contributed by atoms with Crippen molar-refractivity contribution in [1.82, 2.24) is 5.32 Å². The Balaban J connectivity index is 1.85. The summed E-state index contributed by atoms with van der Waals surface area (Å²) in [6.45, 7) is 1.23. The number of carbonyl (C=O) groups excluding carboxylic acids is 1. The lowest BCUT2D eigenvalue weighted by atomic mass is 10.1. The highest BCUT2D eigenvalue weighted by Crippen LogP contribution is 2.28. The number of carboxylic acid groups (broad SMARTS) is 1. The highest BCUT2D eigenvalue weighted by molar-refractivity contribution is 6.00. The molecular weight excluding hydrogens is 244 g/mol. The van der Waals surface area contributed by atoms with E-state index in [1.807, 2.05) is 12.1 Å². The van der Waals surface area contributed by atoms with Crippen molar-refractivity contribution >= 4 is 17.6 Å². The fourth-order valence-electron chi connectivity index (χ4n) is 2.23. The van der Waals surface area contributed by atoms with Gasteiger partial charge in [-0.15, -0.1) is 0 Å². The van der Waals surface area contributed by atoms with Gasteiger partial charge in [0.15, 0.2) is 0 Å². The molecule has 0 saturated heterocycles. The first-order valence-corrected chi connectivity index (χ1v) is 6.39. The average molecular weight is 262 g/mol. The van der Waals surface area contributed by atoms with Crippen molar-refractivity contribution in [3.63, 3.8) is 0 Å². The van der Waals surface area contributed by atoms with Crippen molar-refractivity contribution in [3.05, 3.63) is 29.3 Å². The largest absolute Gasteiger partial charge is 0.481 e. The van der Waals surface area contributed by atoms with Crippen LogP contribution in [-0.4, -0.2) is 37.1 Å². The zero-order valence-electron chi connectivity index (χ0n) is 11.0. The van der Waals surface area contributed by atoms with Crippen LogP contribution in [0.2, 0.25) is 0 Å². The molecule has 0 spiro atoms. The maximum Gasteiger partial charge on any atom is 0.304 e. The van der Waals surface area contributed by atoms with Crippen LogP contribution in [0.25, 0.3) is 0 Å². The minimum atomic E-state index is -0.786. The zero-order valence-corrected chi connectivity index (χ0v) is 11.0. The number of rotatable bonds is 6. The quantitative estimate of drug-likeness (QED) is 0.744. The molecule has 0 saturated carbocycles. The van der Waals surface area contributed by atoms with Gasteiger partial charge in [-0.1, -0.05) is 12.1 Å². The molecule has 1 heterocycles. The van der Waals surface area contributed by atoms with E-state index >= 15 is 0 Å². The van der Waals surface area contributed by atoms with Gasteiger partial charge in [-0.05, 0) is 30.2 Å². The summed E-state index contributed by atoms with van der Waals surface area (Å²) in [7, 11) is 1.79. The molecule has 2 rings (SSSR count). The normalized spacial score (nSPS) is 13.7. The maximum atomic E-state index is 11.6. The summed E-state index contributed by atoms with van der Waals surface area (Å²) in [5.74, 6) is -0.654. The minimum Gasteiger partial charge on any atom is -0.481 e. The number of carbonyl (C=O) groups is 2. The summed E-state index contributed by atoms with van der Waals surface area (Å²) in [5, 5.41) is 11.6. The van der Waals surface area contributed by atoms with Gasteiger partial charge < -0.3 is 15.3 Å². The molecule has 1 aliphatic rings. The van der Waals surface area contributed by atoms with E-state index in [4.69, 9.17) is 5.11 Å². The van der Waals surface area contributed by atoms with Crippen LogP contribution in [0.5, 0.6) is 0 Å². The molecule has 102 valence electrons. The predicted molar refractivity (Wildman–Crippen MR) is 72.4 cm³/mol. The SMILES string of the molecule is CN1C(=O)Cc2cc(CCNCCC(=O)O)ccc21. The van der Waals surface area contributed by atoms with Crippen LogP contribution in [0, 0.1) is 0 Å². The summed E-state index contributed by atoms with van der Waals surface area (Å²) < 4.78 is 0. The second-order valence-corrected chi connectivity index (χ2v) is 4.74. The van der Waals surface area contributed by atoms with Gasteiger partial charge in [0, 0.05) is 19.3 Å². The Kier molecular flexibility index (Phi) is 4.16. The molecule has 1 aliphatic heterocycles. The molecule has 0 atom stereocenters. The van der Waals surface area contributed by atoms with Crippen molar-refractivity contribution in [2.45, 2.75) is 19.3 Å². The third-order valence-electron chi connectivity index (χ3n) is 3.33. The fourth-order valence-corrected chi connectivity index (χ4v) is 2.23. The maximum absolute atomic E-state index is 11.6. The van der Waals surface area contributed by atoms with Gasteiger partial charge in [0.2, 0.25) is 5.91 Å². The lowest BCUT2D eigenvalue weighted by Gasteiger charge is -2.10. The van der Waals surface area contributed by atoms with Gasteiger partial charge in [-0.2, -0.15) is 0 Å². The summed E-state index contributed by atoms with van der Waals surface area (Å²) >= 11 is 0. The number of anilines is 1. The standard InChI is InChI=1S/C14H18N2O3/c1-16-12-3-2-10(8-11(12)9-13(16)17)4-6-15-7-5-14(18)19/h2-3,8,15H,4-7,9H2,1H3,(H,18,19). The van der Waals surface area contributed by atoms with E-state index in [9.17, 15) is 9.59 Å². The second kappa shape index (κ2) is 5.84. The number of likely N-dealkylation sites (N-methyl/N-ethyl adjacent to an activating group) is 1. The number of fused-ring (bicyclic) bond motifs is 1. The summed E-state index contributed by atoms with van der Waals surface area (Å²) in [4.78, 5) is 23.6. The Morgan fingerprint density at radius 3 is 2.95 bits per heavy atom. The Bertz CT molecular complexity index is 499. The number of amides is 1. The summed E-state index contributed by atoms with van der Waals surface area (Å²) in [5.41, 5.74) is 3.24. The van der Waals surface area contributed by atoms with Crippen molar-refractivity contribution in [1.29, 1.82) is 0 Å². The van der Waals surface area contributed by atoms with E-state index in [-0.39, 0.29) is 12.3 Å². The van der Waals surface area contributed by atoms with Gasteiger partial charge in [0.05, 0.1) is 12.8 Å². The number of aliphatic carboxylic acids is 1. The van der Waals surface area contributed by atoms with E-state index in [1.165, 1.54) is 5.56 Å². The van der Waals surface area contributed by atoms with E-state index in [2.05, 4.69) is 11.4 Å². The van der Waals surface area contributed by atoms with Crippen LogP contribution in [-0.2, 0) is 22.4 Å². The Morgan fingerprint density at radius 2 is 2.21 bits per heavy atom. The smallest absolute Gasteiger partial charge is 0.304 e.